The zero-order valence-corrected chi connectivity index (χ0v) is 20.1. The van der Waals surface area contributed by atoms with Crippen LogP contribution in [0.3, 0.4) is 0 Å². The molecule has 3 heterocycles. The number of para-hydroxylation sites is 2. The molecule has 5 rings (SSSR count). The Bertz CT molecular complexity index is 1310. The number of hydrogen-bond acceptors (Lipinski definition) is 8. The maximum Gasteiger partial charge on any atom is 0.275 e. The number of anilines is 2. The SMILES string of the molecule is COc1ccccc1N1CCN(C(=O)c2coc(CN3C(=O)COc4ccc(C(C)=O)cc43)n2)CC1. The number of aromatic nitrogens is 1. The Kier molecular flexibility index (Phi) is 6.32. The highest BCUT2D eigenvalue weighted by Gasteiger charge is 2.29. The van der Waals surface area contributed by atoms with E-state index in [0.717, 1.165) is 11.4 Å². The quantitative estimate of drug-likeness (QED) is 0.486. The molecule has 2 aromatic carbocycles. The van der Waals surface area contributed by atoms with Crippen LogP contribution in [0.5, 0.6) is 11.5 Å². The first-order valence-corrected chi connectivity index (χ1v) is 11.6. The Labute approximate surface area is 208 Å². The third-order valence-electron chi connectivity index (χ3n) is 6.37. The minimum absolute atomic E-state index is 0.0193. The van der Waals surface area contributed by atoms with Crippen LogP contribution in [0.2, 0.25) is 0 Å². The molecule has 2 aliphatic rings. The Hall–Kier alpha value is -4.34. The number of benzene rings is 2. The van der Waals surface area contributed by atoms with Gasteiger partial charge in [-0.25, -0.2) is 4.98 Å². The van der Waals surface area contributed by atoms with Crippen LogP contribution in [-0.4, -0.2) is 67.4 Å². The summed E-state index contributed by atoms with van der Waals surface area (Å²) in [7, 11) is 1.64. The van der Waals surface area contributed by atoms with Crippen molar-refractivity contribution in [1.82, 2.24) is 9.88 Å². The van der Waals surface area contributed by atoms with Gasteiger partial charge in [0.2, 0.25) is 5.89 Å². The second-order valence-corrected chi connectivity index (χ2v) is 8.58. The predicted octanol–water partition coefficient (Wildman–Crippen LogP) is 2.77. The van der Waals surface area contributed by atoms with Gasteiger partial charge in [0.25, 0.3) is 11.8 Å². The molecule has 36 heavy (non-hydrogen) atoms. The summed E-state index contributed by atoms with van der Waals surface area (Å²) in [4.78, 5) is 47.2. The molecule has 0 atom stereocenters. The molecule has 0 bridgehead atoms. The average molecular weight is 491 g/mol. The van der Waals surface area contributed by atoms with E-state index in [1.54, 1.807) is 30.2 Å². The number of ether oxygens (including phenoxy) is 2. The van der Waals surface area contributed by atoms with Crippen molar-refractivity contribution in [3.8, 4) is 11.5 Å². The lowest BCUT2D eigenvalue weighted by Crippen LogP contribution is -2.49. The summed E-state index contributed by atoms with van der Waals surface area (Å²) < 4.78 is 16.5. The van der Waals surface area contributed by atoms with Crippen molar-refractivity contribution < 1.29 is 28.3 Å². The molecule has 0 spiro atoms. The molecule has 0 unspecified atom stereocenters. The van der Waals surface area contributed by atoms with E-state index in [0.29, 0.717) is 43.2 Å². The number of hydrogen-bond donors (Lipinski definition) is 0. The molecule has 1 saturated heterocycles. The minimum Gasteiger partial charge on any atom is -0.495 e. The number of fused-ring (bicyclic) bond motifs is 1. The van der Waals surface area contributed by atoms with E-state index in [1.807, 2.05) is 24.3 Å². The van der Waals surface area contributed by atoms with Gasteiger partial charge in [-0.05, 0) is 37.3 Å². The van der Waals surface area contributed by atoms with Crippen LogP contribution < -0.4 is 19.3 Å². The average Bonchev–Trinajstić information content (AvgIpc) is 3.38. The van der Waals surface area contributed by atoms with E-state index in [1.165, 1.54) is 18.1 Å². The zero-order valence-electron chi connectivity index (χ0n) is 20.1. The molecule has 3 aromatic rings. The van der Waals surface area contributed by atoms with Gasteiger partial charge in [-0.1, -0.05) is 12.1 Å². The van der Waals surface area contributed by atoms with Crippen molar-refractivity contribution >= 4 is 29.0 Å². The lowest BCUT2D eigenvalue weighted by molar-refractivity contribution is -0.121. The molecule has 0 N–H and O–H groups in total. The second kappa shape index (κ2) is 9.73. The van der Waals surface area contributed by atoms with Gasteiger partial charge in [0, 0.05) is 31.7 Å². The summed E-state index contributed by atoms with van der Waals surface area (Å²) in [6.07, 6.45) is 1.32. The molecular formula is C26H26N4O6. The molecule has 0 radical (unpaired) electrons. The van der Waals surface area contributed by atoms with Crippen LogP contribution in [0.1, 0.15) is 33.7 Å². The molecule has 0 aliphatic carbocycles. The summed E-state index contributed by atoms with van der Waals surface area (Å²) in [5, 5.41) is 0. The Balaban J connectivity index is 1.26. The van der Waals surface area contributed by atoms with Crippen LogP contribution in [0, 0.1) is 0 Å². The van der Waals surface area contributed by atoms with Crippen LogP contribution in [0.15, 0.2) is 53.1 Å². The number of ketones is 1. The standard InChI is InChI=1S/C26H26N4O6/c1-17(31)18-7-8-23-21(13-18)30(25(32)16-35-23)14-24-27-19(15-36-24)26(33)29-11-9-28(10-12-29)20-5-3-4-6-22(20)34-2/h3-8,13,15H,9-12,14,16H2,1-2H3. The molecule has 10 nitrogen and oxygen atoms in total. The topological polar surface area (TPSA) is 105 Å². The third kappa shape index (κ3) is 4.49. The summed E-state index contributed by atoms with van der Waals surface area (Å²) in [5.74, 6) is 0.883. The number of rotatable bonds is 6. The number of nitrogens with zero attached hydrogens (tertiary/aromatic N) is 4. The van der Waals surface area contributed by atoms with Crippen molar-refractivity contribution in [2.75, 3.05) is 49.7 Å². The molecule has 2 aliphatic heterocycles. The predicted molar refractivity (Wildman–Crippen MR) is 131 cm³/mol. The van der Waals surface area contributed by atoms with Gasteiger partial charge in [0.05, 0.1) is 18.5 Å². The second-order valence-electron chi connectivity index (χ2n) is 8.58. The first-order chi connectivity index (χ1) is 17.4. The number of piperazine rings is 1. The van der Waals surface area contributed by atoms with Crippen molar-refractivity contribution in [2.45, 2.75) is 13.5 Å². The van der Waals surface area contributed by atoms with Crippen molar-refractivity contribution in [1.29, 1.82) is 0 Å². The summed E-state index contributed by atoms with van der Waals surface area (Å²) in [5.41, 5.74) is 2.12. The highest BCUT2D eigenvalue weighted by molar-refractivity contribution is 6.01. The monoisotopic (exact) mass is 490 g/mol. The number of carbonyl (C=O) groups is 3. The van der Waals surface area contributed by atoms with Crippen LogP contribution in [-0.2, 0) is 11.3 Å². The molecule has 1 fully saturated rings. The highest BCUT2D eigenvalue weighted by Crippen LogP contribution is 2.34. The normalized spacial score (nSPS) is 15.4. The van der Waals surface area contributed by atoms with E-state index >= 15 is 0 Å². The fourth-order valence-electron chi connectivity index (χ4n) is 4.41. The largest absolute Gasteiger partial charge is 0.495 e. The summed E-state index contributed by atoms with van der Waals surface area (Å²) in [6.45, 7) is 3.73. The smallest absolute Gasteiger partial charge is 0.275 e. The van der Waals surface area contributed by atoms with Gasteiger partial charge in [-0.2, -0.15) is 0 Å². The molecule has 186 valence electrons. The number of carbonyl (C=O) groups excluding carboxylic acids is 3. The molecular weight excluding hydrogens is 464 g/mol. The van der Waals surface area contributed by atoms with E-state index in [4.69, 9.17) is 13.9 Å². The first kappa shape index (κ1) is 23.4. The third-order valence-corrected chi connectivity index (χ3v) is 6.37. The van der Waals surface area contributed by atoms with Crippen molar-refractivity contribution in [3.63, 3.8) is 0 Å². The lowest BCUT2D eigenvalue weighted by Gasteiger charge is -2.36. The lowest BCUT2D eigenvalue weighted by atomic mass is 10.1. The van der Waals surface area contributed by atoms with Gasteiger partial charge in [-0.3, -0.25) is 19.3 Å². The number of Topliss-reactive ketones (excluding diaryl/α,β-unsaturated/α-hetero) is 1. The number of methoxy groups -OCH3 is 1. The Morgan fingerprint density at radius 3 is 2.58 bits per heavy atom. The zero-order chi connectivity index (χ0) is 25.2. The van der Waals surface area contributed by atoms with Gasteiger partial charge in [0.15, 0.2) is 18.1 Å². The van der Waals surface area contributed by atoms with Crippen LogP contribution >= 0.6 is 0 Å². The van der Waals surface area contributed by atoms with Crippen LogP contribution in [0.25, 0.3) is 0 Å². The Morgan fingerprint density at radius 2 is 1.83 bits per heavy atom. The van der Waals surface area contributed by atoms with Crippen LogP contribution in [0.4, 0.5) is 11.4 Å². The first-order valence-electron chi connectivity index (χ1n) is 11.6. The van der Waals surface area contributed by atoms with Gasteiger partial charge in [-0.15, -0.1) is 0 Å². The molecule has 1 aromatic heterocycles. The van der Waals surface area contributed by atoms with Crippen molar-refractivity contribution in [3.05, 3.63) is 65.9 Å². The highest BCUT2D eigenvalue weighted by atomic mass is 16.5. The van der Waals surface area contributed by atoms with E-state index in [-0.39, 0.29) is 42.3 Å². The number of amides is 2. The van der Waals surface area contributed by atoms with E-state index in [2.05, 4.69) is 9.88 Å². The van der Waals surface area contributed by atoms with Crippen molar-refractivity contribution in [2.24, 2.45) is 0 Å². The van der Waals surface area contributed by atoms with Gasteiger partial charge < -0.3 is 23.7 Å². The van der Waals surface area contributed by atoms with Gasteiger partial charge in [0.1, 0.15) is 24.3 Å². The molecule has 2 amide bonds. The maximum atomic E-state index is 13.1. The summed E-state index contributed by atoms with van der Waals surface area (Å²) in [6, 6.07) is 12.8. The van der Waals surface area contributed by atoms with E-state index < -0.39 is 0 Å². The number of oxazole rings is 1. The fourth-order valence-corrected chi connectivity index (χ4v) is 4.41. The summed E-state index contributed by atoms with van der Waals surface area (Å²) >= 11 is 0. The molecule has 10 heteroatoms. The maximum absolute atomic E-state index is 13.1. The Morgan fingerprint density at radius 1 is 1.06 bits per heavy atom. The fraction of sp³-hybridized carbons (Fsp3) is 0.308. The van der Waals surface area contributed by atoms with E-state index in [9.17, 15) is 14.4 Å². The van der Waals surface area contributed by atoms with Gasteiger partial charge >= 0.3 is 0 Å². The molecule has 0 saturated carbocycles. The minimum atomic E-state index is -0.290.